The molecule has 0 spiro atoms. The molecule has 1 N–H and O–H groups in total. The average molecular weight is 263 g/mol. The van der Waals surface area contributed by atoms with Crippen molar-refractivity contribution in [3.05, 3.63) is 22.5 Å². The molecule has 0 aromatic heterocycles. The molecule has 0 unspecified atom stereocenters. The quantitative estimate of drug-likeness (QED) is 0.886. The van der Waals surface area contributed by atoms with Gasteiger partial charge in [0.25, 0.3) is 0 Å². The fourth-order valence-electron chi connectivity index (χ4n) is 1.47. The van der Waals surface area contributed by atoms with Gasteiger partial charge in [0.15, 0.2) is 17.3 Å². The second-order valence-electron chi connectivity index (χ2n) is 3.29. The summed E-state index contributed by atoms with van der Waals surface area (Å²) in [6.07, 6.45) is 0.0936. The first-order valence-electron chi connectivity index (χ1n) is 4.81. The molecule has 0 saturated heterocycles. The molecule has 0 fully saturated rings. The van der Waals surface area contributed by atoms with Gasteiger partial charge in [-0.25, -0.2) is 4.39 Å². The smallest absolute Gasteiger partial charge is 0.303 e. The Bertz CT molecular complexity index is 434. The number of carboxylic acids is 1. The van der Waals surface area contributed by atoms with Crippen LogP contribution in [0.25, 0.3) is 0 Å². The van der Waals surface area contributed by atoms with Crippen molar-refractivity contribution >= 4 is 17.6 Å². The lowest BCUT2D eigenvalue weighted by Gasteiger charge is -2.14. The van der Waals surface area contributed by atoms with Crippen molar-refractivity contribution in [1.29, 1.82) is 0 Å². The highest BCUT2D eigenvalue weighted by Crippen LogP contribution is 2.38. The molecule has 0 saturated carbocycles. The topological polar surface area (TPSA) is 55.8 Å². The van der Waals surface area contributed by atoms with Crippen LogP contribution < -0.4 is 9.47 Å². The predicted octanol–water partition coefficient (Wildman–Crippen LogP) is 2.51. The van der Waals surface area contributed by atoms with Gasteiger partial charge in [-0.15, -0.1) is 0 Å². The van der Waals surface area contributed by atoms with Gasteiger partial charge in [0.2, 0.25) is 0 Å². The third kappa shape index (κ3) is 3.00. The number of methoxy groups -OCH3 is 2. The molecular formula is C11H12ClFO4. The van der Waals surface area contributed by atoms with Gasteiger partial charge in [0, 0.05) is 12.0 Å². The number of rotatable bonds is 5. The zero-order chi connectivity index (χ0) is 13.0. The van der Waals surface area contributed by atoms with Gasteiger partial charge in [0.05, 0.1) is 19.2 Å². The first-order valence-corrected chi connectivity index (χ1v) is 5.19. The monoisotopic (exact) mass is 262 g/mol. The van der Waals surface area contributed by atoms with E-state index in [1.807, 2.05) is 0 Å². The molecule has 0 atom stereocenters. The van der Waals surface area contributed by atoms with E-state index in [4.69, 9.17) is 26.2 Å². The van der Waals surface area contributed by atoms with E-state index in [0.717, 1.165) is 0 Å². The van der Waals surface area contributed by atoms with Crippen molar-refractivity contribution in [2.75, 3.05) is 14.2 Å². The molecule has 0 radical (unpaired) electrons. The number of ether oxygens (including phenoxy) is 2. The number of halogens is 2. The Labute approximate surface area is 103 Å². The SMILES string of the molecule is COc1c(CCC(=O)O)cc(Cl)c(F)c1OC. The van der Waals surface area contributed by atoms with E-state index >= 15 is 0 Å². The first-order chi connectivity index (χ1) is 8.01. The highest BCUT2D eigenvalue weighted by atomic mass is 35.5. The van der Waals surface area contributed by atoms with Crippen molar-refractivity contribution in [2.45, 2.75) is 12.8 Å². The van der Waals surface area contributed by atoms with Gasteiger partial charge < -0.3 is 14.6 Å². The number of carbonyl (C=O) groups is 1. The lowest BCUT2D eigenvalue weighted by Crippen LogP contribution is -2.03. The summed E-state index contributed by atoms with van der Waals surface area (Å²) >= 11 is 5.68. The summed E-state index contributed by atoms with van der Waals surface area (Å²) in [4.78, 5) is 10.5. The van der Waals surface area contributed by atoms with Crippen LogP contribution in [0.4, 0.5) is 4.39 Å². The number of aryl methyl sites for hydroxylation is 1. The van der Waals surface area contributed by atoms with Crippen LogP contribution in [-0.2, 0) is 11.2 Å². The Morgan fingerprint density at radius 3 is 2.47 bits per heavy atom. The molecule has 0 amide bonds. The summed E-state index contributed by atoms with van der Waals surface area (Å²) in [6, 6.07) is 1.35. The second kappa shape index (κ2) is 5.72. The Morgan fingerprint density at radius 1 is 1.41 bits per heavy atom. The van der Waals surface area contributed by atoms with E-state index in [0.29, 0.717) is 5.56 Å². The van der Waals surface area contributed by atoms with Crippen molar-refractivity contribution in [2.24, 2.45) is 0 Å². The van der Waals surface area contributed by atoms with Crippen LogP contribution in [-0.4, -0.2) is 25.3 Å². The normalized spacial score (nSPS) is 10.1. The maximum atomic E-state index is 13.6. The number of aliphatic carboxylic acids is 1. The van der Waals surface area contributed by atoms with Gasteiger partial charge in [-0.1, -0.05) is 11.6 Å². The molecule has 0 aliphatic carbocycles. The zero-order valence-corrected chi connectivity index (χ0v) is 10.2. The lowest BCUT2D eigenvalue weighted by molar-refractivity contribution is -0.136. The van der Waals surface area contributed by atoms with E-state index in [1.54, 1.807) is 0 Å². The summed E-state index contributed by atoms with van der Waals surface area (Å²) in [5.41, 5.74) is 0.498. The molecule has 94 valence electrons. The van der Waals surface area contributed by atoms with Crippen LogP contribution in [0.2, 0.25) is 5.02 Å². The van der Waals surface area contributed by atoms with Gasteiger partial charge in [-0.3, -0.25) is 4.79 Å². The van der Waals surface area contributed by atoms with Gasteiger partial charge >= 0.3 is 5.97 Å². The summed E-state index contributed by atoms with van der Waals surface area (Å²) in [5.74, 6) is -1.60. The molecule has 6 heteroatoms. The number of carboxylic acid groups (broad SMARTS) is 1. The third-order valence-electron chi connectivity index (χ3n) is 2.22. The molecule has 0 heterocycles. The minimum absolute atomic E-state index is 0.0958. The van der Waals surface area contributed by atoms with Crippen LogP contribution in [0.3, 0.4) is 0 Å². The largest absolute Gasteiger partial charge is 0.492 e. The van der Waals surface area contributed by atoms with Gasteiger partial charge in [0.1, 0.15) is 0 Å². The molecule has 0 aliphatic heterocycles. The number of hydrogen-bond donors (Lipinski definition) is 1. The molecule has 1 rings (SSSR count). The van der Waals surface area contributed by atoms with Crippen LogP contribution in [0.1, 0.15) is 12.0 Å². The Kier molecular flexibility index (Phi) is 4.57. The van der Waals surface area contributed by atoms with Crippen molar-refractivity contribution < 1.29 is 23.8 Å². The minimum atomic E-state index is -0.952. The van der Waals surface area contributed by atoms with E-state index in [1.165, 1.54) is 20.3 Å². The Hall–Kier alpha value is -1.49. The molecule has 0 bridgehead atoms. The maximum absolute atomic E-state index is 13.6. The highest BCUT2D eigenvalue weighted by molar-refractivity contribution is 6.31. The lowest BCUT2D eigenvalue weighted by atomic mass is 10.1. The van der Waals surface area contributed by atoms with E-state index in [-0.39, 0.29) is 29.4 Å². The fourth-order valence-corrected chi connectivity index (χ4v) is 1.69. The molecule has 0 aliphatic rings. The summed E-state index contributed by atoms with van der Waals surface area (Å²) in [5, 5.41) is 8.49. The molecule has 17 heavy (non-hydrogen) atoms. The summed E-state index contributed by atoms with van der Waals surface area (Å²) in [6.45, 7) is 0. The van der Waals surface area contributed by atoms with E-state index in [9.17, 15) is 9.18 Å². The fraction of sp³-hybridized carbons (Fsp3) is 0.364. The van der Waals surface area contributed by atoms with Gasteiger partial charge in [-0.2, -0.15) is 0 Å². The standard InChI is InChI=1S/C11H12ClFO4/c1-16-10-6(3-4-8(14)15)5-7(12)9(13)11(10)17-2/h5H,3-4H2,1-2H3,(H,14,15). The Balaban J connectivity index is 3.19. The van der Waals surface area contributed by atoms with Crippen LogP contribution in [0, 0.1) is 5.82 Å². The Morgan fingerprint density at radius 2 is 2.00 bits per heavy atom. The van der Waals surface area contributed by atoms with E-state index in [2.05, 4.69) is 0 Å². The van der Waals surface area contributed by atoms with Crippen LogP contribution in [0.5, 0.6) is 11.5 Å². The maximum Gasteiger partial charge on any atom is 0.303 e. The molecule has 1 aromatic rings. The number of hydrogen-bond acceptors (Lipinski definition) is 3. The minimum Gasteiger partial charge on any atom is -0.492 e. The van der Waals surface area contributed by atoms with Crippen molar-refractivity contribution in [1.82, 2.24) is 0 Å². The zero-order valence-electron chi connectivity index (χ0n) is 9.42. The first kappa shape index (κ1) is 13.6. The summed E-state index contributed by atoms with van der Waals surface area (Å²) in [7, 11) is 2.65. The molecule has 1 aromatic carbocycles. The average Bonchev–Trinajstić information content (AvgIpc) is 2.29. The predicted molar refractivity (Wildman–Crippen MR) is 60.5 cm³/mol. The van der Waals surface area contributed by atoms with Gasteiger partial charge in [-0.05, 0) is 12.5 Å². The van der Waals surface area contributed by atoms with E-state index < -0.39 is 11.8 Å². The van der Waals surface area contributed by atoms with Crippen LogP contribution >= 0.6 is 11.6 Å². The molecule has 4 nitrogen and oxygen atoms in total. The number of benzene rings is 1. The molecular weight excluding hydrogens is 251 g/mol. The summed E-state index contributed by atoms with van der Waals surface area (Å²) < 4.78 is 23.5. The second-order valence-corrected chi connectivity index (χ2v) is 3.70. The third-order valence-corrected chi connectivity index (χ3v) is 2.50. The van der Waals surface area contributed by atoms with Crippen molar-refractivity contribution in [3.8, 4) is 11.5 Å². The van der Waals surface area contributed by atoms with Crippen LogP contribution in [0.15, 0.2) is 6.07 Å². The highest BCUT2D eigenvalue weighted by Gasteiger charge is 2.19. The van der Waals surface area contributed by atoms with Crippen molar-refractivity contribution in [3.63, 3.8) is 0 Å².